The summed E-state index contributed by atoms with van der Waals surface area (Å²) in [5.41, 5.74) is 0.350. The quantitative estimate of drug-likeness (QED) is 0.929. The first-order valence-corrected chi connectivity index (χ1v) is 6.87. The van der Waals surface area contributed by atoms with Gasteiger partial charge in [0.25, 0.3) is 0 Å². The Morgan fingerprint density at radius 1 is 1.65 bits per heavy atom. The van der Waals surface area contributed by atoms with Crippen LogP contribution in [0.3, 0.4) is 0 Å². The summed E-state index contributed by atoms with van der Waals surface area (Å²) in [6, 6.07) is 1.85. The summed E-state index contributed by atoms with van der Waals surface area (Å²) in [6.07, 6.45) is 0.678. The number of thiophene rings is 1. The van der Waals surface area contributed by atoms with E-state index < -0.39 is 11.4 Å². The van der Waals surface area contributed by atoms with Gasteiger partial charge in [0, 0.05) is 13.1 Å². The first kappa shape index (κ1) is 13.1. The summed E-state index contributed by atoms with van der Waals surface area (Å²) in [6.45, 7) is 3.81. The van der Waals surface area contributed by atoms with Crippen molar-refractivity contribution in [3.05, 3.63) is 20.3 Å². The predicted octanol–water partition coefficient (Wildman–Crippen LogP) is 3.35. The highest BCUT2D eigenvalue weighted by Crippen LogP contribution is 2.35. The normalized spacial score (nSPS) is 25.4. The lowest BCUT2D eigenvalue weighted by Gasteiger charge is -2.19. The summed E-state index contributed by atoms with van der Waals surface area (Å²) in [5, 5.41) is 9.14. The molecule has 0 radical (unpaired) electrons. The van der Waals surface area contributed by atoms with Gasteiger partial charge in [0.05, 0.1) is 14.1 Å². The second-order valence-corrected chi connectivity index (χ2v) is 6.96. The number of aliphatic carboxylic acids is 1. The van der Waals surface area contributed by atoms with Crippen LogP contribution in [0.4, 0.5) is 0 Å². The maximum absolute atomic E-state index is 11.1. The molecule has 0 aliphatic carbocycles. The van der Waals surface area contributed by atoms with Gasteiger partial charge in [-0.2, -0.15) is 0 Å². The van der Waals surface area contributed by atoms with E-state index in [1.54, 1.807) is 6.92 Å². The summed E-state index contributed by atoms with van der Waals surface area (Å²) in [5.74, 6) is -0.727. The van der Waals surface area contributed by atoms with Crippen molar-refractivity contribution >= 4 is 40.5 Å². The van der Waals surface area contributed by atoms with Crippen molar-refractivity contribution in [2.45, 2.75) is 19.9 Å². The van der Waals surface area contributed by atoms with E-state index in [2.05, 4.69) is 4.90 Å². The van der Waals surface area contributed by atoms with Crippen LogP contribution in [0, 0.1) is 5.41 Å². The van der Waals surface area contributed by atoms with E-state index in [9.17, 15) is 4.79 Å². The van der Waals surface area contributed by atoms with Crippen molar-refractivity contribution < 1.29 is 9.90 Å². The highest BCUT2D eigenvalue weighted by Gasteiger charge is 2.40. The third-order valence-corrected chi connectivity index (χ3v) is 4.76. The maximum atomic E-state index is 11.1. The fraction of sp³-hybridized carbons (Fsp3) is 0.545. The molecule has 1 aliphatic rings. The van der Waals surface area contributed by atoms with E-state index in [-0.39, 0.29) is 0 Å². The fourth-order valence-corrected chi connectivity index (χ4v) is 3.56. The van der Waals surface area contributed by atoms with Crippen LogP contribution in [-0.2, 0) is 11.3 Å². The molecule has 6 heteroatoms. The molecule has 1 saturated heterocycles. The zero-order valence-electron chi connectivity index (χ0n) is 9.37. The molecule has 0 spiro atoms. The van der Waals surface area contributed by atoms with Crippen molar-refractivity contribution in [3.63, 3.8) is 0 Å². The molecule has 94 valence electrons. The molecule has 0 aromatic carbocycles. The molecule has 17 heavy (non-hydrogen) atoms. The van der Waals surface area contributed by atoms with Crippen LogP contribution >= 0.6 is 34.5 Å². The lowest BCUT2D eigenvalue weighted by Crippen LogP contribution is -2.31. The van der Waals surface area contributed by atoms with E-state index in [1.807, 2.05) is 6.07 Å². The van der Waals surface area contributed by atoms with Gasteiger partial charge in [0.1, 0.15) is 0 Å². The Morgan fingerprint density at radius 2 is 2.35 bits per heavy atom. The number of likely N-dealkylation sites (tertiary alicyclic amines) is 1. The molecule has 1 aliphatic heterocycles. The van der Waals surface area contributed by atoms with Crippen LogP contribution in [-0.4, -0.2) is 29.1 Å². The monoisotopic (exact) mass is 293 g/mol. The standard InChI is InChI=1S/C11H13Cl2NO2S/c1-11(10(15)16)2-3-14(6-11)5-7-4-8(12)17-9(7)13/h4H,2-3,5-6H2,1H3,(H,15,16). The van der Waals surface area contributed by atoms with Crippen LogP contribution < -0.4 is 0 Å². The minimum atomic E-state index is -0.727. The van der Waals surface area contributed by atoms with Crippen LogP contribution in [0.2, 0.25) is 8.67 Å². The van der Waals surface area contributed by atoms with E-state index in [0.717, 1.165) is 12.1 Å². The van der Waals surface area contributed by atoms with Gasteiger partial charge >= 0.3 is 5.97 Å². The zero-order chi connectivity index (χ0) is 12.6. The third-order valence-electron chi connectivity index (χ3n) is 3.19. The number of nitrogens with zero attached hydrogens (tertiary/aromatic N) is 1. The smallest absolute Gasteiger partial charge is 0.310 e. The number of rotatable bonds is 3. The molecule has 1 unspecified atom stereocenters. The Balaban J connectivity index is 2.03. The molecule has 0 amide bonds. The second kappa shape index (κ2) is 4.76. The number of carboxylic acid groups (broad SMARTS) is 1. The third kappa shape index (κ3) is 2.76. The Hall–Kier alpha value is -0.290. The number of hydrogen-bond acceptors (Lipinski definition) is 3. The van der Waals surface area contributed by atoms with Gasteiger partial charge in [-0.1, -0.05) is 23.2 Å². The molecule has 2 heterocycles. The molecule has 0 bridgehead atoms. The Bertz CT molecular complexity index is 449. The SMILES string of the molecule is CC1(C(=O)O)CCN(Cc2cc(Cl)sc2Cl)C1. The van der Waals surface area contributed by atoms with Crippen molar-refractivity contribution in [2.24, 2.45) is 5.41 Å². The predicted molar refractivity (Wildman–Crippen MR) is 70.0 cm³/mol. The zero-order valence-corrected chi connectivity index (χ0v) is 11.7. The van der Waals surface area contributed by atoms with Gasteiger partial charge in [0.2, 0.25) is 0 Å². The minimum absolute atomic E-state index is 0.562. The Labute approximate surface area is 114 Å². The molecule has 0 saturated carbocycles. The lowest BCUT2D eigenvalue weighted by atomic mass is 9.90. The molecular weight excluding hydrogens is 281 g/mol. The van der Waals surface area contributed by atoms with E-state index in [4.69, 9.17) is 28.3 Å². The first-order chi connectivity index (χ1) is 7.90. The summed E-state index contributed by atoms with van der Waals surface area (Å²) < 4.78 is 1.36. The summed E-state index contributed by atoms with van der Waals surface area (Å²) in [7, 11) is 0. The Morgan fingerprint density at radius 3 is 2.82 bits per heavy atom. The van der Waals surface area contributed by atoms with E-state index in [0.29, 0.717) is 28.2 Å². The van der Waals surface area contributed by atoms with Gasteiger partial charge in [-0.25, -0.2) is 0 Å². The average Bonchev–Trinajstić information content (AvgIpc) is 2.73. The largest absolute Gasteiger partial charge is 0.481 e. The molecule has 1 atom stereocenters. The number of carboxylic acids is 1. The highest BCUT2D eigenvalue weighted by molar-refractivity contribution is 7.20. The summed E-state index contributed by atoms with van der Waals surface area (Å²) >= 11 is 13.3. The van der Waals surface area contributed by atoms with Crippen LogP contribution in [0.1, 0.15) is 18.9 Å². The van der Waals surface area contributed by atoms with Gasteiger partial charge < -0.3 is 5.11 Å². The average molecular weight is 294 g/mol. The number of hydrogen-bond donors (Lipinski definition) is 1. The minimum Gasteiger partial charge on any atom is -0.481 e. The van der Waals surface area contributed by atoms with Crippen molar-refractivity contribution in [2.75, 3.05) is 13.1 Å². The molecule has 2 rings (SSSR count). The Kier molecular flexibility index (Phi) is 3.69. The van der Waals surface area contributed by atoms with Crippen LogP contribution in [0.5, 0.6) is 0 Å². The van der Waals surface area contributed by atoms with E-state index >= 15 is 0 Å². The molecular formula is C11H13Cl2NO2S. The van der Waals surface area contributed by atoms with Gasteiger partial charge in [-0.05, 0) is 31.5 Å². The number of halogens is 2. The second-order valence-electron chi connectivity index (χ2n) is 4.68. The maximum Gasteiger partial charge on any atom is 0.310 e. The van der Waals surface area contributed by atoms with Gasteiger partial charge in [-0.15, -0.1) is 11.3 Å². The highest BCUT2D eigenvalue weighted by atomic mass is 35.5. The molecule has 1 aromatic rings. The van der Waals surface area contributed by atoms with Crippen LogP contribution in [0.25, 0.3) is 0 Å². The van der Waals surface area contributed by atoms with Crippen molar-refractivity contribution in [1.29, 1.82) is 0 Å². The molecule has 3 nitrogen and oxygen atoms in total. The topological polar surface area (TPSA) is 40.5 Å². The first-order valence-electron chi connectivity index (χ1n) is 5.30. The number of carbonyl (C=O) groups is 1. The lowest BCUT2D eigenvalue weighted by molar-refractivity contribution is -0.147. The van der Waals surface area contributed by atoms with Crippen molar-refractivity contribution in [3.8, 4) is 0 Å². The van der Waals surface area contributed by atoms with Gasteiger partial charge in [-0.3, -0.25) is 9.69 Å². The molecule has 1 fully saturated rings. The van der Waals surface area contributed by atoms with Gasteiger partial charge in [0.15, 0.2) is 0 Å². The van der Waals surface area contributed by atoms with E-state index in [1.165, 1.54) is 11.3 Å². The molecule has 1 aromatic heterocycles. The molecule has 1 N–H and O–H groups in total. The fourth-order valence-electron chi connectivity index (χ4n) is 2.09. The van der Waals surface area contributed by atoms with Crippen LogP contribution in [0.15, 0.2) is 6.07 Å². The summed E-state index contributed by atoms with van der Waals surface area (Å²) in [4.78, 5) is 13.2. The van der Waals surface area contributed by atoms with Crippen molar-refractivity contribution in [1.82, 2.24) is 4.90 Å².